The van der Waals surface area contributed by atoms with Gasteiger partial charge in [-0.2, -0.15) is 0 Å². The standard InChI is InChI=1S/C10H18N2O2/c11-6-8-4-5-9(14-8)10(13)12-7-2-1-3-7/h7-9H,1-6,11H2,(H,12,13)/t8-,9+/m1/s1. The molecule has 0 aromatic heterocycles. The molecule has 0 spiro atoms. The molecule has 2 atom stereocenters. The van der Waals surface area contributed by atoms with Crippen molar-refractivity contribution in [3.63, 3.8) is 0 Å². The van der Waals surface area contributed by atoms with E-state index in [1.54, 1.807) is 0 Å². The van der Waals surface area contributed by atoms with E-state index in [1.807, 2.05) is 0 Å². The molecule has 0 radical (unpaired) electrons. The van der Waals surface area contributed by atoms with E-state index in [2.05, 4.69) is 5.32 Å². The molecule has 80 valence electrons. The van der Waals surface area contributed by atoms with Gasteiger partial charge >= 0.3 is 0 Å². The second-order valence-electron chi connectivity index (χ2n) is 4.20. The molecule has 1 aliphatic heterocycles. The van der Waals surface area contributed by atoms with Crippen LogP contribution in [0.2, 0.25) is 0 Å². The largest absolute Gasteiger partial charge is 0.364 e. The van der Waals surface area contributed by atoms with E-state index in [0.717, 1.165) is 25.7 Å². The van der Waals surface area contributed by atoms with Crippen LogP contribution in [0, 0.1) is 0 Å². The average Bonchev–Trinajstić information content (AvgIpc) is 2.59. The van der Waals surface area contributed by atoms with Crippen LogP contribution in [0.25, 0.3) is 0 Å². The zero-order chi connectivity index (χ0) is 9.97. The summed E-state index contributed by atoms with van der Waals surface area (Å²) in [7, 11) is 0. The Morgan fingerprint density at radius 2 is 2.14 bits per heavy atom. The van der Waals surface area contributed by atoms with Crippen LogP contribution in [0.3, 0.4) is 0 Å². The molecule has 1 saturated heterocycles. The predicted octanol–water partition coefficient (Wildman–Crippen LogP) is 0.161. The van der Waals surface area contributed by atoms with Gasteiger partial charge in [0.25, 0.3) is 0 Å². The first-order chi connectivity index (χ1) is 6.79. The highest BCUT2D eigenvalue weighted by Gasteiger charge is 2.31. The molecule has 4 heteroatoms. The van der Waals surface area contributed by atoms with Gasteiger partial charge in [-0.1, -0.05) is 0 Å². The van der Waals surface area contributed by atoms with Crippen LogP contribution in [0.4, 0.5) is 0 Å². The summed E-state index contributed by atoms with van der Waals surface area (Å²) in [6.07, 6.45) is 5.07. The first-order valence-corrected chi connectivity index (χ1v) is 5.45. The van der Waals surface area contributed by atoms with Gasteiger partial charge in [-0.25, -0.2) is 0 Å². The van der Waals surface area contributed by atoms with Crippen molar-refractivity contribution in [2.24, 2.45) is 5.73 Å². The fourth-order valence-corrected chi connectivity index (χ4v) is 1.92. The minimum Gasteiger partial charge on any atom is -0.364 e. The third-order valence-corrected chi connectivity index (χ3v) is 3.11. The Bertz CT molecular complexity index is 216. The van der Waals surface area contributed by atoms with Gasteiger partial charge in [0.05, 0.1) is 6.10 Å². The maximum absolute atomic E-state index is 11.6. The Morgan fingerprint density at radius 3 is 2.64 bits per heavy atom. The van der Waals surface area contributed by atoms with Crippen LogP contribution in [-0.2, 0) is 9.53 Å². The quantitative estimate of drug-likeness (QED) is 0.679. The second kappa shape index (κ2) is 4.28. The number of ether oxygens (including phenoxy) is 1. The minimum absolute atomic E-state index is 0.0608. The zero-order valence-corrected chi connectivity index (χ0v) is 8.37. The lowest BCUT2D eigenvalue weighted by molar-refractivity contribution is -0.133. The Balaban J connectivity index is 1.74. The van der Waals surface area contributed by atoms with Crippen molar-refractivity contribution in [1.29, 1.82) is 0 Å². The van der Waals surface area contributed by atoms with E-state index in [-0.39, 0.29) is 18.1 Å². The van der Waals surface area contributed by atoms with Crippen LogP contribution in [-0.4, -0.2) is 30.7 Å². The highest BCUT2D eigenvalue weighted by atomic mass is 16.5. The lowest BCUT2D eigenvalue weighted by atomic mass is 9.93. The van der Waals surface area contributed by atoms with E-state index in [4.69, 9.17) is 10.5 Å². The van der Waals surface area contributed by atoms with Gasteiger partial charge in [0.2, 0.25) is 5.91 Å². The average molecular weight is 198 g/mol. The lowest BCUT2D eigenvalue weighted by Gasteiger charge is -2.27. The number of rotatable bonds is 3. The molecule has 14 heavy (non-hydrogen) atoms. The molecule has 3 N–H and O–H groups in total. The Hall–Kier alpha value is -0.610. The number of hydrogen-bond donors (Lipinski definition) is 2. The third kappa shape index (κ3) is 2.07. The zero-order valence-electron chi connectivity index (χ0n) is 8.37. The monoisotopic (exact) mass is 198 g/mol. The van der Waals surface area contributed by atoms with Gasteiger partial charge in [-0.3, -0.25) is 4.79 Å². The van der Waals surface area contributed by atoms with Gasteiger partial charge in [0, 0.05) is 12.6 Å². The molecule has 1 heterocycles. The summed E-state index contributed by atoms with van der Waals surface area (Å²) in [5.74, 6) is 0.0608. The number of nitrogens with two attached hydrogens (primary N) is 1. The molecule has 0 unspecified atom stereocenters. The molecule has 1 amide bonds. The number of carbonyl (C=O) groups excluding carboxylic acids is 1. The number of nitrogens with one attached hydrogen (secondary N) is 1. The summed E-state index contributed by atoms with van der Waals surface area (Å²) < 4.78 is 5.50. The smallest absolute Gasteiger partial charge is 0.249 e. The van der Waals surface area contributed by atoms with E-state index in [1.165, 1.54) is 6.42 Å². The van der Waals surface area contributed by atoms with E-state index < -0.39 is 0 Å². The van der Waals surface area contributed by atoms with Crippen LogP contribution < -0.4 is 11.1 Å². The van der Waals surface area contributed by atoms with Gasteiger partial charge in [-0.15, -0.1) is 0 Å². The molecule has 1 saturated carbocycles. The van der Waals surface area contributed by atoms with Crippen molar-refractivity contribution in [2.75, 3.05) is 6.54 Å². The van der Waals surface area contributed by atoms with Crippen molar-refractivity contribution in [3.05, 3.63) is 0 Å². The molecule has 0 aromatic rings. The number of carbonyl (C=O) groups is 1. The molecule has 0 aromatic carbocycles. The predicted molar refractivity (Wildman–Crippen MR) is 52.7 cm³/mol. The molecule has 2 aliphatic rings. The molecule has 1 aliphatic carbocycles. The molecular formula is C10H18N2O2. The van der Waals surface area contributed by atoms with Crippen molar-refractivity contribution in [1.82, 2.24) is 5.32 Å². The highest BCUT2D eigenvalue weighted by molar-refractivity contribution is 5.81. The van der Waals surface area contributed by atoms with Crippen molar-refractivity contribution >= 4 is 5.91 Å². The summed E-state index contributed by atoms with van der Waals surface area (Å²) >= 11 is 0. The summed E-state index contributed by atoms with van der Waals surface area (Å²) in [6.45, 7) is 0.521. The van der Waals surface area contributed by atoms with Crippen LogP contribution in [0.1, 0.15) is 32.1 Å². The SMILES string of the molecule is NC[C@H]1CC[C@@H](C(=O)NC2CCC2)O1. The van der Waals surface area contributed by atoms with Gasteiger partial charge in [0.15, 0.2) is 0 Å². The third-order valence-electron chi connectivity index (χ3n) is 3.11. The molecule has 2 fully saturated rings. The summed E-state index contributed by atoms with van der Waals surface area (Å²) in [6, 6.07) is 0.406. The van der Waals surface area contributed by atoms with Crippen molar-refractivity contribution in [3.8, 4) is 0 Å². The van der Waals surface area contributed by atoms with E-state index in [0.29, 0.717) is 12.6 Å². The van der Waals surface area contributed by atoms with Gasteiger partial charge in [-0.05, 0) is 32.1 Å². The van der Waals surface area contributed by atoms with Crippen molar-refractivity contribution < 1.29 is 9.53 Å². The fourth-order valence-electron chi connectivity index (χ4n) is 1.92. The second-order valence-corrected chi connectivity index (χ2v) is 4.20. The van der Waals surface area contributed by atoms with Crippen molar-refractivity contribution in [2.45, 2.75) is 50.4 Å². The maximum atomic E-state index is 11.6. The fraction of sp³-hybridized carbons (Fsp3) is 0.900. The van der Waals surface area contributed by atoms with Gasteiger partial charge in [0.1, 0.15) is 6.10 Å². The van der Waals surface area contributed by atoms with Crippen LogP contribution >= 0.6 is 0 Å². The van der Waals surface area contributed by atoms with E-state index >= 15 is 0 Å². The van der Waals surface area contributed by atoms with E-state index in [9.17, 15) is 4.79 Å². The maximum Gasteiger partial charge on any atom is 0.249 e. The Labute approximate surface area is 84.2 Å². The Kier molecular flexibility index (Phi) is 3.03. The molecule has 0 bridgehead atoms. The minimum atomic E-state index is -0.246. The number of hydrogen-bond acceptors (Lipinski definition) is 3. The normalized spacial score (nSPS) is 32.6. The summed E-state index contributed by atoms with van der Waals surface area (Å²) in [4.78, 5) is 11.6. The lowest BCUT2D eigenvalue weighted by Crippen LogP contribution is -2.44. The first kappa shape index (κ1) is 9.93. The highest BCUT2D eigenvalue weighted by Crippen LogP contribution is 2.22. The summed E-state index contributed by atoms with van der Waals surface area (Å²) in [5.41, 5.74) is 5.48. The Morgan fingerprint density at radius 1 is 1.36 bits per heavy atom. The first-order valence-electron chi connectivity index (χ1n) is 5.45. The molecule has 4 nitrogen and oxygen atoms in total. The van der Waals surface area contributed by atoms with Gasteiger partial charge < -0.3 is 15.8 Å². The molecule has 2 rings (SSSR count). The van der Waals surface area contributed by atoms with Crippen LogP contribution in [0.15, 0.2) is 0 Å². The van der Waals surface area contributed by atoms with Crippen LogP contribution in [0.5, 0.6) is 0 Å². The topological polar surface area (TPSA) is 64.4 Å². The summed E-state index contributed by atoms with van der Waals surface area (Å²) in [5, 5.41) is 3.00. The molecular weight excluding hydrogens is 180 g/mol. The number of amides is 1.